The number of aromatic amines is 1. The summed E-state index contributed by atoms with van der Waals surface area (Å²) in [7, 11) is 0. The van der Waals surface area contributed by atoms with E-state index < -0.39 is 0 Å². The fourth-order valence-electron chi connectivity index (χ4n) is 1.74. The Morgan fingerprint density at radius 1 is 1.35 bits per heavy atom. The number of hydrogen-bond acceptors (Lipinski definition) is 3. The Morgan fingerprint density at radius 3 is 2.94 bits per heavy atom. The second-order valence-electron chi connectivity index (χ2n) is 3.93. The minimum atomic E-state index is 0.668. The van der Waals surface area contributed by atoms with Gasteiger partial charge in [0.2, 0.25) is 0 Å². The molecule has 1 N–H and O–H groups in total. The lowest BCUT2D eigenvalue weighted by molar-refractivity contribution is 0.599. The fraction of sp³-hybridized carbons (Fsp3) is 0.417. The lowest BCUT2D eigenvalue weighted by Crippen LogP contribution is -2.01. The molecule has 90 valence electrons. The van der Waals surface area contributed by atoms with Gasteiger partial charge in [-0.05, 0) is 30.8 Å². The van der Waals surface area contributed by atoms with Gasteiger partial charge < -0.3 is 0 Å². The van der Waals surface area contributed by atoms with E-state index >= 15 is 0 Å². The summed E-state index contributed by atoms with van der Waals surface area (Å²) in [6.45, 7) is 3.09. The molecule has 0 aromatic carbocycles. The molecule has 2 heterocycles. The monoisotopic (exact) mass is 248 g/mol. The molecule has 0 aliphatic heterocycles. The van der Waals surface area contributed by atoms with Crippen molar-refractivity contribution in [2.75, 3.05) is 0 Å². The quantitative estimate of drug-likeness (QED) is 0.653. The third kappa shape index (κ3) is 2.79. The van der Waals surface area contributed by atoms with Crippen LogP contribution in [0.3, 0.4) is 0 Å². The molecule has 2 rings (SSSR count). The number of hydrogen-bond donors (Lipinski definition) is 1. The van der Waals surface area contributed by atoms with Gasteiger partial charge in [-0.2, -0.15) is 5.10 Å². The van der Waals surface area contributed by atoms with Crippen molar-refractivity contribution in [2.24, 2.45) is 0 Å². The number of nitrogens with zero attached hydrogens (tertiary/aromatic N) is 3. The van der Waals surface area contributed by atoms with E-state index in [2.05, 4.69) is 22.1 Å². The highest BCUT2D eigenvalue weighted by Crippen LogP contribution is 2.14. The first kappa shape index (κ1) is 12.0. The highest BCUT2D eigenvalue weighted by Gasteiger charge is 2.08. The van der Waals surface area contributed by atoms with Crippen molar-refractivity contribution < 1.29 is 0 Å². The summed E-state index contributed by atoms with van der Waals surface area (Å²) in [5, 5.41) is 7.09. The smallest absolute Gasteiger partial charge is 0.195 e. The Morgan fingerprint density at radius 2 is 2.24 bits per heavy atom. The lowest BCUT2D eigenvalue weighted by Gasteiger charge is -2.05. The van der Waals surface area contributed by atoms with Crippen LogP contribution in [0.5, 0.6) is 0 Å². The summed E-state index contributed by atoms with van der Waals surface area (Å²) >= 11 is 5.24. The van der Waals surface area contributed by atoms with Crippen molar-refractivity contribution >= 4 is 12.2 Å². The van der Waals surface area contributed by atoms with Gasteiger partial charge in [-0.1, -0.05) is 25.8 Å². The van der Waals surface area contributed by atoms with Gasteiger partial charge in [-0.3, -0.25) is 14.6 Å². The largest absolute Gasteiger partial charge is 0.299 e. The standard InChI is InChI=1S/C12H16N4S/c1-2-3-6-9-16-11(14-15-12(16)17)10-7-4-5-8-13-10/h4-5,7-8H,2-3,6,9H2,1H3,(H,15,17). The maximum Gasteiger partial charge on any atom is 0.195 e. The average molecular weight is 248 g/mol. The van der Waals surface area contributed by atoms with Crippen LogP contribution in [0.1, 0.15) is 26.2 Å². The van der Waals surface area contributed by atoms with Crippen molar-refractivity contribution in [1.29, 1.82) is 0 Å². The van der Waals surface area contributed by atoms with Crippen LogP contribution >= 0.6 is 12.2 Å². The predicted molar refractivity (Wildman–Crippen MR) is 70.2 cm³/mol. The molecule has 0 unspecified atom stereocenters. The Kier molecular flexibility index (Phi) is 4.03. The van der Waals surface area contributed by atoms with E-state index in [1.807, 2.05) is 22.8 Å². The molecule has 0 amide bonds. The average Bonchev–Trinajstić information content (AvgIpc) is 2.73. The van der Waals surface area contributed by atoms with Crippen LogP contribution in [0.25, 0.3) is 11.5 Å². The van der Waals surface area contributed by atoms with Gasteiger partial charge in [0.25, 0.3) is 0 Å². The van der Waals surface area contributed by atoms with Crippen molar-refractivity contribution in [3.63, 3.8) is 0 Å². The highest BCUT2D eigenvalue weighted by atomic mass is 32.1. The van der Waals surface area contributed by atoms with Crippen LogP contribution in [-0.4, -0.2) is 19.7 Å². The van der Waals surface area contributed by atoms with E-state index in [1.54, 1.807) is 6.20 Å². The molecule has 0 radical (unpaired) electrons. The van der Waals surface area contributed by atoms with Crippen LogP contribution in [0.15, 0.2) is 24.4 Å². The van der Waals surface area contributed by atoms with E-state index in [-0.39, 0.29) is 0 Å². The van der Waals surface area contributed by atoms with Gasteiger partial charge in [-0.25, -0.2) is 0 Å². The lowest BCUT2D eigenvalue weighted by atomic mass is 10.2. The third-order valence-electron chi connectivity index (χ3n) is 2.64. The molecule has 17 heavy (non-hydrogen) atoms. The Balaban J connectivity index is 2.26. The van der Waals surface area contributed by atoms with Crippen LogP contribution in [-0.2, 0) is 6.54 Å². The Hall–Kier alpha value is -1.49. The minimum Gasteiger partial charge on any atom is -0.299 e. The zero-order chi connectivity index (χ0) is 12.1. The second kappa shape index (κ2) is 5.72. The molecule has 0 aliphatic carbocycles. The number of aromatic nitrogens is 4. The van der Waals surface area contributed by atoms with Crippen LogP contribution < -0.4 is 0 Å². The molecule has 4 nitrogen and oxygen atoms in total. The molecule has 2 aromatic heterocycles. The summed E-state index contributed by atoms with van der Waals surface area (Å²) in [6.07, 6.45) is 5.28. The van der Waals surface area contributed by atoms with E-state index in [1.165, 1.54) is 12.8 Å². The first-order chi connectivity index (χ1) is 8.33. The Bertz CT molecular complexity index is 515. The van der Waals surface area contributed by atoms with E-state index in [4.69, 9.17) is 12.2 Å². The maximum atomic E-state index is 5.24. The van der Waals surface area contributed by atoms with Crippen LogP contribution in [0.4, 0.5) is 0 Å². The molecule has 0 bridgehead atoms. The van der Waals surface area contributed by atoms with Crippen LogP contribution in [0.2, 0.25) is 0 Å². The van der Waals surface area contributed by atoms with Gasteiger partial charge in [-0.15, -0.1) is 0 Å². The molecule has 0 spiro atoms. The summed E-state index contributed by atoms with van der Waals surface area (Å²) < 4.78 is 2.69. The fourth-order valence-corrected chi connectivity index (χ4v) is 1.96. The molecule has 5 heteroatoms. The molecule has 2 aromatic rings. The van der Waals surface area contributed by atoms with Gasteiger partial charge in [0, 0.05) is 12.7 Å². The number of rotatable bonds is 5. The van der Waals surface area contributed by atoms with Crippen molar-refractivity contribution in [3.8, 4) is 11.5 Å². The molecule has 0 aliphatic rings. The van der Waals surface area contributed by atoms with Gasteiger partial charge in [0.15, 0.2) is 10.6 Å². The highest BCUT2D eigenvalue weighted by molar-refractivity contribution is 7.71. The summed E-state index contributed by atoms with van der Waals surface area (Å²) in [5.41, 5.74) is 0.858. The van der Waals surface area contributed by atoms with E-state index in [0.717, 1.165) is 24.5 Å². The van der Waals surface area contributed by atoms with Crippen molar-refractivity contribution in [1.82, 2.24) is 19.7 Å². The minimum absolute atomic E-state index is 0.668. The molecular weight excluding hydrogens is 232 g/mol. The zero-order valence-corrected chi connectivity index (χ0v) is 10.7. The third-order valence-corrected chi connectivity index (χ3v) is 2.95. The van der Waals surface area contributed by atoms with Gasteiger partial charge >= 0.3 is 0 Å². The predicted octanol–water partition coefficient (Wildman–Crippen LogP) is 3.19. The topological polar surface area (TPSA) is 46.5 Å². The normalized spacial score (nSPS) is 10.6. The molecular formula is C12H16N4S. The van der Waals surface area contributed by atoms with Crippen molar-refractivity contribution in [3.05, 3.63) is 29.2 Å². The van der Waals surface area contributed by atoms with E-state index in [0.29, 0.717) is 4.77 Å². The second-order valence-corrected chi connectivity index (χ2v) is 4.31. The maximum absolute atomic E-state index is 5.24. The number of H-pyrrole nitrogens is 1. The van der Waals surface area contributed by atoms with Gasteiger partial charge in [0.1, 0.15) is 5.69 Å². The number of nitrogens with one attached hydrogen (secondary N) is 1. The summed E-state index contributed by atoms with van der Waals surface area (Å²) in [4.78, 5) is 4.30. The first-order valence-corrected chi connectivity index (χ1v) is 6.30. The Labute approximate surface area is 106 Å². The van der Waals surface area contributed by atoms with Crippen LogP contribution in [0, 0.1) is 4.77 Å². The summed E-state index contributed by atoms with van der Waals surface area (Å²) in [6, 6.07) is 5.80. The molecule has 0 saturated heterocycles. The SMILES string of the molecule is CCCCCn1c(-c2ccccn2)n[nH]c1=S. The molecule has 0 atom stereocenters. The first-order valence-electron chi connectivity index (χ1n) is 5.89. The zero-order valence-electron chi connectivity index (χ0n) is 9.89. The van der Waals surface area contributed by atoms with Gasteiger partial charge in [0.05, 0.1) is 0 Å². The number of unbranched alkanes of at least 4 members (excludes halogenated alkanes) is 2. The van der Waals surface area contributed by atoms with E-state index in [9.17, 15) is 0 Å². The number of pyridine rings is 1. The van der Waals surface area contributed by atoms with Crippen molar-refractivity contribution in [2.45, 2.75) is 32.7 Å². The molecule has 0 fully saturated rings. The summed E-state index contributed by atoms with van der Waals surface area (Å²) in [5.74, 6) is 0.826. The molecule has 0 saturated carbocycles.